The first-order valence-corrected chi connectivity index (χ1v) is 5.80. The minimum absolute atomic E-state index is 0.0124. The molecule has 0 spiro atoms. The number of rotatable bonds is 3. The maximum atomic E-state index is 11.8. The van der Waals surface area contributed by atoms with E-state index in [0.717, 1.165) is 17.2 Å². The zero-order chi connectivity index (χ0) is 12.5. The fraction of sp³-hybridized carbons (Fsp3) is 0.167. The molecular weight excluding hydrogens is 248 g/mol. The van der Waals surface area contributed by atoms with Gasteiger partial charge < -0.3 is 5.73 Å². The monoisotopic (exact) mass is 256 g/mol. The van der Waals surface area contributed by atoms with E-state index in [2.05, 4.69) is 30.1 Å². The smallest absolute Gasteiger partial charge is 0.277 e. The van der Waals surface area contributed by atoms with E-state index in [4.69, 9.17) is 5.73 Å². The molecule has 2 aromatic rings. The maximum Gasteiger partial charge on any atom is 0.277 e. The second-order valence-electron chi connectivity index (χ2n) is 2.98. The van der Waals surface area contributed by atoms with Crippen LogP contribution in [-0.2, 0) is 17.1 Å². The van der Waals surface area contributed by atoms with Crippen molar-refractivity contribution in [1.29, 1.82) is 0 Å². The standard InChI is InChI=1S/C6H8N8O2S/c1-14-11-6(10-13-14)12-17(15,16)4-2-8-5(7)9-3-4/h2-3H,1H3,(H,11,12)(H2,7,8,9). The molecule has 0 fully saturated rings. The van der Waals surface area contributed by atoms with E-state index in [1.165, 1.54) is 7.05 Å². The van der Waals surface area contributed by atoms with Gasteiger partial charge in [-0.05, 0) is 5.21 Å². The van der Waals surface area contributed by atoms with Crippen LogP contribution in [0.1, 0.15) is 0 Å². The van der Waals surface area contributed by atoms with Gasteiger partial charge in [-0.15, -0.1) is 5.10 Å². The molecule has 0 saturated heterocycles. The zero-order valence-electron chi connectivity index (χ0n) is 8.64. The Morgan fingerprint density at radius 1 is 1.35 bits per heavy atom. The molecule has 0 amide bonds. The Labute approximate surface area is 95.9 Å². The molecule has 90 valence electrons. The van der Waals surface area contributed by atoms with E-state index < -0.39 is 10.0 Å². The normalized spacial score (nSPS) is 11.4. The maximum absolute atomic E-state index is 11.8. The number of aryl methyl sites for hydroxylation is 1. The van der Waals surface area contributed by atoms with Gasteiger partial charge >= 0.3 is 0 Å². The van der Waals surface area contributed by atoms with E-state index in [1.54, 1.807) is 0 Å². The molecule has 0 atom stereocenters. The van der Waals surface area contributed by atoms with Crippen molar-refractivity contribution >= 4 is 21.9 Å². The summed E-state index contributed by atoms with van der Waals surface area (Å²) < 4.78 is 25.7. The lowest BCUT2D eigenvalue weighted by Gasteiger charge is -2.02. The number of nitrogen functional groups attached to an aromatic ring is 1. The largest absolute Gasteiger partial charge is 0.368 e. The predicted octanol–water partition coefficient (Wildman–Crippen LogP) is -1.62. The van der Waals surface area contributed by atoms with E-state index in [0.29, 0.717) is 0 Å². The summed E-state index contributed by atoms with van der Waals surface area (Å²) in [5, 5.41) is 10.7. The van der Waals surface area contributed by atoms with Crippen LogP contribution in [0.2, 0.25) is 0 Å². The minimum atomic E-state index is -3.83. The first-order valence-electron chi connectivity index (χ1n) is 4.32. The molecule has 2 heterocycles. The first-order chi connectivity index (χ1) is 7.97. The minimum Gasteiger partial charge on any atom is -0.368 e. The molecular formula is C6H8N8O2S. The Hall–Kier alpha value is -2.30. The second kappa shape index (κ2) is 3.93. The Kier molecular flexibility index (Phi) is 2.59. The molecule has 0 aliphatic heterocycles. The molecule has 0 aliphatic carbocycles. The van der Waals surface area contributed by atoms with Gasteiger partial charge in [0.15, 0.2) is 0 Å². The fourth-order valence-electron chi connectivity index (χ4n) is 0.969. The van der Waals surface area contributed by atoms with Crippen LogP contribution in [-0.4, -0.2) is 38.6 Å². The first kappa shape index (κ1) is 11.2. The van der Waals surface area contributed by atoms with Crippen molar-refractivity contribution < 1.29 is 8.42 Å². The van der Waals surface area contributed by atoms with Crippen LogP contribution in [0, 0.1) is 0 Å². The van der Waals surface area contributed by atoms with Gasteiger partial charge in [-0.1, -0.05) is 5.10 Å². The average molecular weight is 256 g/mol. The molecule has 0 saturated carbocycles. The average Bonchev–Trinajstić information content (AvgIpc) is 2.63. The molecule has 10 nitrogen and oxygen atoms in total. The number of anilines is 2. The van der Waals surface area contributed by atoms with E-state index in [-0.39, 0.29) is 16.8 Å². The summed E-state index contributed by atoms with van der Waals surface area (Å²) in [7, 11) is -2.31. The molecule has 3 N–H and O–H groups in total. The van der Waals surface area contributed by atoms with Crippen molar-refractivity contribution in [1.82, 2.24) is 30.2 Å². The predicted molar refractivity (Wildman–Crippen MR) is 56.1 cm³/mol. The Morgan fingerprint density at radius 3 is 2.53 bits per heavy atom. The highest BCUT2D eigenvalue weighted by atomic mass is 32.2. The van der Waals surface area contributed by atoms with Crippen LogP contribution in [0.5, 0.6) is 0 Å². The highest BCUT2D eigenvalue weighted by molar-refractivity contribution is 7.92. The summed E-state index contributed by atoms with van der Waals surface area (Å²) in [5.74, 6) is -0.147. The second-order valence-corrected chi connectivity index (χ2v) is 4.67. The van der Waals surface area contributed by atoms with Gasteiger partial charge in [0.2, 0.25) is 5.95 Å². The van der Waals surface area contributed by atoms with Gasteiger partial charge in [-0.25, -0.2) is 23.1 Å². The van der Waals surface area contributed by atoms with Gasteiger partial charge in [-0.3, -0.25) is 0 Å². The van der Waals surface area contributed by atoms with Crippen LogP contribution in [0.3, 0.4) is 0 Å². The van der Waals surface area contributed by atoms with Crippen molar-refractivity contribution in [2.45, 2.75) is 4.90 Å². The van der Waals surface area contributed by atoms with Crippen molar-refractivity contribution in [3.05, 3.63) is 12.4 Å². The lowest BCUT2D eigenvalue weighted by molar-refractivity contribution is 0.599. The van der Waals surface area contributed by atoms with Gasteiger partial charge in [0.1, 0.15) is 4.90 Å². The summed E-state index contributed by atoms with van der Waals surface area (Å²) in [5.41, 5.74) is 5.25. The summed E-state index contributed by atoms with van der Waals surface area (Å²) in [4.78, 5) is 8.14. The number of nitrogens with one attached hydrogen (secondary N) is 1. The Bertz CT molecular complexity index is 618. The summed E-state index contributed by atoms with van der Waals surface area (Å²) in [6.07, 6.45) is 2.17. The quantitative estimate of drug-likeness (QED) is 0.667. The van der Waals surface area contributed by atoms with E-state index in [1.807, 2.05) is 0 Å². The fourth-order valence-corrected chi connectivity index (χ4v) is 1.79. The highest BCUT2D eigenvalue weighted by Crippen LogP contribution is 2.10. The molecule has 2 aromatic heterocycles. The third kappa shape index (κ3) is 2.44. The van der Waals surface area contributed by atoms with E-state index >= 15 is 0 Å². The van der Waals surface area contributed by atoms with Crippen LogP contribution in [0.15, 0.2) is 17.3 Å². The Morgan fingerprint density at radius 2 is 2.00 bits per heavy atom. The Balaban J connectivity index is 2.28. The number of hydrogen-bond donors (Lipinski definition) is 2. The number of nitrogens with zero attached hydrogens (tertiary/aromatic N) is 6. The number of hydrogen-bond acceptors (Lipinski definition) is 8. The summed E-state index contributed by atoms with van der Waals surface area (Å²) in [6, 6.07) is 0. The molecule has 0 aliphatic rings. The van der Waals surface area contributed by atoms with E-state index in [9.17, 15) is 8.42 Å². The third-order valence-electron chi connectivity index (χ3n) is 1.69. The van der Waals surface area contributed by atoms with Crippen LogP contribution >= 0.6 is 0 Å². The summed E-state index contributed by atoms with van der Waals surface area (Å²) in [6.45, 7) is 0. The van der Waals surface area contributed by atoms with Crippen molar-refractivity contribution in [2.24, 2.45) is 7.05 Å². The van der Waals surface area contributed by atoms with Crippen LogP contribution < -0.4 is 10.5 Å². The molecule has 2 rings (SSSR count). The molecule has 0 unspecified atom stereocenters. The summed E-state index contributed by atoms with van der Waals surface area (Å²) >= 11 is 0. The molecule has 0 aromatic carbocycles. The molecule has 11 heteroatoms. The lowest BCUT2D eigenvalue weighted by atomic mass is 10.7. The highest BCUT2D eigenvalue weighted by Gasteiger charge is 2.17. The van der Waals surface area contributed by atoms with Crippen LogP contribution in [0.25, 0.3) is 0 Å². The molecule has 0 bridgehead atoms. The molecule has 17 heavy (non-hydrogen) atoms. The lowest BCUT2D eigenvalue weighted by Crippen LogP contribution is -2.15. The van der Waals surface area contributed by atoms with Gasteiger partial charge in [0.05, 0.1) is 19.4 Å². The zero-order valence-corrected chi connectivity index (χ0v) is 9.46. The van der Waals surface area contributed by atoms with Gasteiger partial charge in [0.25, 0.3) is 16.0 Å². The van der Waals surface area contributed by atoms with Crippen molar-refractivity contribution in [3.63, 3.8) is 0 Å². The SMILES string of the molecule is Cn1nnc(NS(=O)(=O)c2cnc(N)nc2)n1. The molecule has 0 radical (unpaired) electrons. The topological polar surface area (TPSA) is 142 Å². The third-order valence-corrected chi connectivity index (χ3v) is 2.98. The number of nitrogens with two attached hydrogens (primary N) is 1. The number of sulfonamides is 1. The van der Waals surface area contributed by atoms with Crippen molar-refractivity contribution in [3.8, 4) is 0 Å². The van der Waals surface area contributed by atoms with Crippen LogP contribution in [0.4, 0.5) is 11.9 Å². The number of aromatic nitrogens is 6. The number of tetrazole rings is 1. The van der Waals surface area contributed by atoms with Gasteiger partial charge in [0, 0.05) is 0 Å². The van der Waals surface area contributed by atoms with Gasteiger partial charge in [-0.2, -0.15) is 4.80 Å². The van der Waals surface area contributed by atoms with Crippen molar-refractivity contribution in [2.75, 3.05) is 10.5 Å².